The number of allylic oxidation sites excluding steroid dienone is 6. The van der Waals surface area contributed by atoms with Crippen LogP contribution in [0.5, 0.6) is 0 Å². The molecule has 1 saturated carbocycles. The minimum atomic E-state index is -2.41. The number of hydrogen-bond donors (Lipinski definition) is 3. The second-order valence-corrected chi connectivity index (χ2v) is 19.8. The number of rotatable bonds is 8. The summed E-state index contributed by atoms with van der Waals surface area (Å²) >= 11 is 0. The monoisotopic (exact) mass is 1040 g/mol. The number of carbonyl (C=O) groups excluding carboxylic acids is 4. The van der Waals surface area contributed by atoms with Gasteiger partial charge in [0.2, 0.25) is 5.79 Å². The van der Waals surface area contributed by atoms with E-state index in [0.717, 1.165) is 12.0 Å². The Balaban J connectivity index is 0.00000630. The molecular formula is C53H82N2O13Y-2. The van der Waals surface area contributed by atoms with Crippen LogP contribution in [0.4, 0.5) is 0 Å². The molecule has 0 aromatic heterocycles. The minimum absolute atomic E-state index is 0. The number of Topliss-reactive ketones (excluding diaryl/α,β-unsaturated/α-hetero) is 2. The number of aliphatic hydroxyl groups excluding tert-OH is 2. The van der Waals surface area contributed by atoms with Crippen molar-refractivity contribution in [1.82, 2.24) is 4.90 Å². The van der Waals surface area contributed by atoms with E-state index in [0.29, 0.717) is 69.1 Å². The Morgan fingerprint density at radius 2 is 1.65 bits per heavy atom. The van der Waals surface area contributed by atoms with Crippen LogP contribution in [0.15, 0.2) is 52.6 Å². The molecule has 16 heteroatoms. The summed E-state index contributed by atoms with van der Waals surface area (Å²) in [5, 5.41) is 33.0. The molecule has 15 nitrogen and oxygen atoms in total. The maximum atomic E-state index is 14.5. The maximum Gasteiger partial charge on any atom is 0.329 e. The van der Waals surface area contributed by atoms with Crippen molar-refractivity contribution in [2.45, 2.75) is 166 Å². The third kappa shape index (κ3) is 15.3. The van der Waals surface area contributed by atoms with Gasteiger partial charge in [-0.25, -0.2) is 4.79 Å². The van der Waals surface area contributed by atoms with E-state index in [4.69, 9.17) is 28.4 Å². The first kappa shape index (κ1) is 60.9. The van der Waals surface area contributed by atoms with Crippen LogP contribution in [0.3, 0.4) is 0 Å². The molecule has 6 aliphatic rings. The number of methoxy groups -OCH3 is 3. The molecule has 1 unspecified atom stereocenters. The molecule has 1 amide bonds. The molecule has 4 fully saturated rings. The zero-order valence-corrected chi connectivity index (χ0v) is 45.6. The van der Waals surface area contributed by atoms with E-state index in [-0.39, 0.29) is 114 Å². The number of aliphatic hydroxyl groups is 3. The van der Waals surface area contributed by atoms with E-state index >= 15 is 0 Å². The van der Waals surface area contributed by atoms with Crippen LogP contribution in [0, 0.1) is 50.0 Å². The summed E-state index contributed by atoms with van der Waals surface area (Å²) in [6.45, 7) is 9.49. The first-order valence-electron chi connectivity index (χ1n) is 24.5. The molecule has 6 rings (SSSR count). The van der Waals surface area contributed by atoms with Gasteiger partial charge in [0.25, 0.3) is 11.7 Å². The molecule has 6 bridgehead atoms. The van der Waals surface area contributed by atoms with E-state index in [1.54, 1.807) is 34.1 Å². The summed E-state index contributed by atoms with van der Waals surface area (Å²) in [5.74, 6) is -6.88. The summed E-state index contributed by atoms with van der Waals surface area (Å²) in [4.78, 5) is 62.8. The number of carbonyl (C=O) groups is 4. The third-order valence-electron chi connectivity index (χ3n) is 15.2. The van der Waals surface area contributed by atoms with Crippen LogP contribution in [-0.2, 0) is 80.3 Å². The molecule has 15 atom stereocenters. The van der Waals surface area contributed by atoms with Crippen molar-refractivity contribution in [2.75, 3.05) is 41.1 Å². The van der Waals surface area contributed by atoms with Crippen LogP contribution >= 0.6 is 0 Å². The first-order chi connectivity index (χ1) is 32.0. The predicted octanol–water partition coefficient (Wildman–Crippen LogP) is 6.28. The molecule has 3 saturated heterocycles. The van der Waals surface area contributed by atoms with Crippen molar-refractivity contribution in [3.8, 4) is 0 Å². The van der Waals surface area contributed by atoms with Crippen molar-refractivity contribution in [3.63, 3.8) is 0 Å². The fraction of sp³-hybridized carbons (Fsp3) is 0.717. The molecule has 0 aromatic rings. The van der Waals surface area contributed by atoms with E-state index in [2.05, 4.69) is 12.0 Å². The zero-order valence-electron chi connectivity index (χ0n) is 42.8. The topological polar surface area (TPSA) is 200 Å². The van der Waals surface area contributed by atoms with Crippen LogP contribution in [0.2, 0.25) is 0 Å². The Hall–Kier alpha value is -2.44. The van der Waals surface area contributed by atoms with Gasteiger partial charge in [-0.2, -0.15) is 7.05 Å². The van der Waals surface area contributed by atoms with Gasteiger partial charge >= 0.3 is 5.97 Å². The van der Waals surface area contributed by atoms with Crippen LogP contribution in [0.1, 0.15) is 112 Å². The van der Waals surface area contributed by atoms with Crippen molar-refractivity contribution in [1.29, 1.82) is 0 Å². The quantitative estimate of drug-likeness (QED) is 0.106. The number of piperidine rings is 1. The Morgan fingerprint density at radius 3 is 2.32 bits per heavy atom. The van der Waals surface area contributed by atoms with Crippen molar-refractivity contribution in [2.24, 2.45) is 40.5 Å². The molecule has 0 spiro atoms. The minimum Gasteiger partial charge on any atom is -0.462 e. The fourth-order valence-electron chi connectivity index (χ4n) is 11.2. The maximum absolute atomic E-state index is 14.5. The smallest absolute Gasteiger partial charge is 0.329 e. The zero-order chi connectivity index (χ0) is 49.0. The number of amides is 1. The van der Waals surface area contributed by atoms with Crippen molar-refractivity contribution in [3.05, 3.63) is 62.1 Å². The second kappa shape index (κ2) is 28.7. The number of ketones is 2. The van der Waals surface area contributed by atoms with Gasteiger partial charge in [-0.1, -0.05) is 63.6 Å². The second-order valence-electron chi connectivity index (χ2n) is 19.8. The molecule has 387 valence electrons. The Labute approximate surface area is 437 Å². The molecule has 1 radical (unpaired) electrons. The molecule has 0 aromatic carbocycles. The number of ether oxygens (including phenoxy) is 6. The van der Waals surface area contributed by atoms with Crippen LogP contribution < -0.4 is 0 Å². The van der Waals surface area contributed by atoms with Crippen LogP contribution in [-0.4, -0.2) is 145 Å². The molecule has 5 aliphatic heterocycles. The van der Waals surface area contributed by atoms with Gasteiger partial charge in [0, 0.05) is 84.8 Å². The largest absolute Gasteiger partial charge is 0.462 e. The normalized spacial score (nSPS) is 39.3. The molecule has 69 heavy (non-hydrogen) atoms. The molecule has 1 aliphatic carbocycles. The summed E-state index contributed by atoms with van der Waals surface area (Å²) in [6.07, 6.45) is 13.3. The summed E-state index contributed by atoms with van der Waals surface area (Å²) in [5.41, 5.74) is 2.02. The van der Waals surface area contributed by atoms with E-state index in [1.807, 2.05) is 51.2 Å². The molecule has 5 heterocycles. The van der Waals surface area contributed by atoms with Crippen LogP contribution in [0.25, 0.3) is 0 Å². The van der Waals surface area contributed by atoms with Gasteiger partial charge in [-0.3, -0.25) is 14.4 Å². The summed E-state index contributed by atoms with van der Waals surface area (Å²) in [7, 11) is 8.51. The van der Waals surface area contributed by atoms with Gasteiger partial charge in [-0.15, -0.1) is 5.71 Å². The first-order valence-corrected chi connectivity index (χ1v) is 24.5. The average molecular weight is 1040 g/mol. The number of fused-ring (bicyclic) bond motifs is 16. The van der Waals surface area contributed by atoms with Gasteiger partial charge in [0.15, 0.2) is 5.78 Å². The van der Waals surface area contributed by atoms with Gasteiger partial charge in [-0.05, 0) is 107 Å². The summed E-state index contributed by atoms with van der Waals surface area (Å²) in [6, 6.07) is -1.07. The third-order valence-corrected chi connectivity index (χ3v) is 15.2. The fourth-order valence-corrected chi connectivity index (χ4v) is 11.2. The Morgan fingerprint density at radius 1 is 0.913 bits per heavy atom. The van der Waals surface area contributed by atoms with Crippen molar-refractivity contribution >= 4 is 29.2 Å². The van der Waals surface area contributed by atoms with E-state index in [1.165, 1.54) is 12.0 Å². The molecular weight excluding hydrogens is 961 g/mol. The summed E-state index contributed by atoms with van der Waals surface area (Å²) < 4.78 is 35.9. The Kier molecular flexibility index (Phi) is 25.3. The van der Waals surface area contributed by atoms with Gasteiger partial charge in [0.1, 0.15) is 18.2 Å². The van der Waals surface area contributed by atoms with E-state index in [9.17, 15) is 34.5 Å². The SMILES string of the molecule is [CH2-]N=C1C/C=C(\C)[C@@H](O)[C@@H](OC)C(=O)[C@H](C)C[C@H](C)/C=C/C=C/C=C(C)[C@@H](OC)C[C@@H]2CC[C@@H](C)[C@@](O)(O2)C(=O)C(=O)N2CCCC3[C@H]2C(=O)O[C@@H](C1)[C@H]3C[C@@H]1CC[C@@H](OCCO)[C@H](OC)C1.[CH3-].[Y]. The molecule has 3 N–H and O–H groups in total. The van der Waals surface area contributed by atoms with E-state index < -0.39 is 71.8 Å². The van der Waals surface area contributed by atoms with Crippen molar-refractivity contribution < 1.29 is 95.6 Å². The number of aliphatic imine (C=N–C) groups is 1. The standard InChI is InChI=1S/C52H79N2O13.CH3.Y/c1-31-14-11-10-12-15-32(2)42(62-7)30-38-21-18-35(5)52(61,67-38)49(58)50(59)54-23-13-16-39-40(27-36-19-22-41(65-25-24-55)44(28-36)63-8)43(66-51(60)45(39)54)29-37(53-6)20-17-33(3)46(56)48(64-9)47(57)34(4)26-31;;/h10-12,14-15,17,31,34-36,38-46,48,55-56,61H,6,13,16,18-30H2,1-5,7-9H3;1H3;/q2*-1;/b12-10+,14-11+,32-15?,33-17+,53-37?;;/t31-,34-,35-,36+,38+,39?,40+,41-,42+,43+,44-,45+,46-,48-,52-;;/m1../s1. The predicted molar refractivity (Wildman–Crippen MR) is 259 cm³/mol. The number of esters is 1. The van der Waals surface area contributed by atoms with Gasteiger partial charge < -0.3 is 61.1 Å². The Bertz CT molecular complexity index is 1850. The number of hydrogen-bond acceptors (Lipinski definition) is 14. The number of nitrogens with zero attached hydrogens (tertiary/aromatic N) is 2. The average Bonchev–Trinajstić information content (AvgIpc) is 3.32. The van der Waals surface area contributed by atoms with Gasteiger partial charge in [0.05, 0.1) is 43.7 Å².